The summed E-state index contributed by atoms with van der Waals surface area (Å²) in [6.45, 7) is 0.106. The molecule has 0 radical (unpaired) electrons. The van der Waals surface area contributed by atoms with Gasteiger partial charge in [-0.2, -0.15) is 0 Å². The Labute approximate surface area is 365 Å². The first-order chi connectivity index (χ1) is 30.6. The molecule has 302 valence electrons. The van der Waals surface area contributed by atoms with Gasteiger partial charge >= 0.3 is 0 Å². The van der Waals surface area contributed by atoms with Gasteiger partial charge in [-0.3, -0.25) is 0 Å². The molecular formula is C60H50O2. The van der Waals surface area contributed by atoms with Gasteiger partial charge in [0.2, 0.25) is 0 Å². The fraction of sp³-hybridized carbons (Fsp3) is 0.200. The Morgan fingerprint density at radius 3 is 0.532 bits per heavy atom. The highest BCUT2D eigenvalue weighted by Gasteiger charge is 2.52. The normalized spacial score (nSPS) is 16.6. The topological polar surface area (TPSA) is 40.5 Å². The minimum Gasteiger partial charge on any atom is -0.395 e. The fourth-order valence-corrected chi connectivity index (χ4v) is 13.3. The lowest BCUT2D eigenvalue weighted by molar-refractivity contribution is 0.196. The summed E-state index contributed by atoms with van der Waals surface area (Å²) in [5.74, 6) is 0. The van der Waals surface area contributed by atoms with E-state index in [4.69, 9.17) is 0 Å². The van der Waals surface area contributed by atoms with Crippen LogP contribution in [0.3, 0.4) is 0 Å². The van der Waals surface area contributed by atoms with Crippen LogP contribution in [0.15, 0.2) is 194 Å². The quantitative estimate of drug-likeness (QED) is 0.137. The van der Waals surface area contributed by atoms with Gasteiger partial charge in [-0.25, -0.2) is 0 Å². The zero-order valence-corrected chi connectivity index (χ0v) is 35.0. The molecule has 62 heavy (non-hydrogen) atoms. The molecule has 0 heterocycles. The van der Waals surface area contributed by atoms with E-state index in [0.717, 1.165) is 38.5 Å². The second-order valence-corrected chi connectivity index (χ2v) is 18.5. The van der Waals surface area contributed by atoms with E-state index >= 15 is 0 Å². The molecule has 0 fully saturated rings. The molecule has 0 saturated carbocycles. The van der Waals surface area contributed by atoms with Gasteiger partial charge in [-0.05, 0) is 128 Å². The van der Waals surface area contributed by atoms with Gasteiger partial charge in [0, 0.05) is 21.7 Å². The highest BCUT2D eigenvalue weighted by atomic mass is 16.3. The predicted octanol–water partition coefficient (Wildman–Crippen LogP) is 13.2. The van der Waals surface area contributed by atoms with E-state index in [1.165, 1.54) is 89.0 Å². The van der Waals surface area contributed by atoms with E-state index in [-0.39, 0.29) is 24.0 Å². The smallest absolute Gasteiger partial charge is 0.0569 e. The summed E-state index contributed by atoms with van der Waals surface area (Å²) in [5, 5.41) is 23.5. The number of aliphatic hydroxyl groups excluding tert-OH is 2. The van der Waals surface area contributed by atoms with Crippen molar-refractivity contribution in [2.45, 2.75) is 60.2 Å². The molecule has 2 N–H and O–H groups in total. The average Bonchev–Trinajstić information content (AvgIpc) is 4.00. The van der Waals surface area contributed by atoms with E-state index in [2.05, 4.69) is 194 Å². The lowest BCUT2D eigenvalue weighted by atomic mass is 9.61. The van der Waals surface area contributed by atoms with E-state index < -0.39 is 10.8 Å². The van der Waals surface area contributed by atoms with Crippen molar-refractivity contribution in [1.82, 2.24) is 0 Å². The van der Waals surface area contributed by atoms with Crippen LogP contribution in [0.1, 0.15) is 83.0 Å². The Kier molecular flexibility index (Phi) is 8.52. The number of hydrogen-bond acceptors (Lipinski definition) is 2. The molecule has 0 atom stereocenters. The van der Waals surface area contributed by atoms with Crippen molar-refractivity contribution in [3.63, 3.8) is 0 Å². The number of aliphatic hydroxyl groups is 2. The average molecular weight is 803 g/mol. The van der Waals surface area contributed by atoms with Crippen LogP contribution in [0.2, 0.25) is 0 Å². The van der Waals surface area contributed by atoms with Crippen LogP contribution in [0.4, 0.5) is 0 Å². The van der Waals surface area contributed by atoms with Crippen LogP contribution in [-0.2, 0) is 21.7 Å². The van der Waals surface area contributed by atoms with Crippen molar-refractivity contribution in [1.29, 1.82) is 0 Å². The minimum atomic E-state index is -0.520. The Bertz CT molecular complexity index is 2650. The van der Waals surface area contributed by atoms with Gasteiger partial charge in [0.25, 0.3) is 0 Å². The molecule has 2 heteroatoms. The number of hydrogen-bond donors (Lipinski definition) is 2. The summed E-state index contributed by atoms with van der Waals surface area (Å²) in [7, 11) is 0. The second kappa shape index (κ2) is 14.1. The standard InChI is InChI=1S/C60H50O2/c61-39-59(53-29-13-5-21-45(53)46-22-6-14-30-54(46)59)37-35-57(49-25-9-1-17-41(49)42-18-2-10-26-50(42)57)33-34-58(51-27-11-3-19-43(51)44-20-4-12-28-52(44)58)36-38-60(40-62)55-31-15-7-23-47(55)48-24-8-16-32-56(48)60/h1-32,61-62H,33-40H2. The summed E-state index contributed by atoms with van der Waals surface area (Å²) in [6.07, 6.45) is 5.22. The maximum absolute atomic E-state index is 11.8. The first-order valence-electron chi connectivity index (χ1n) is 22.6. The zero-order chi connectivity index (χ0) is 41.5. The molecule has 0 bridgehead atoms. The Hall–Kier alpha value is -6.32. The van der Waals surface area contributed by atoms with Crippen LogP contribution >= 0.6 is 0 Å². The summed E-state index contributed by atoms with van der Waals surface area (Å²) >= 11 is 0. The monoisotopic (exact) mass is 802 g/mol. The van der Waals surface area contributed by atoms with E-state index in [9.17, 15) is 10.2 Å². The van der Waals surface area contributed by atoms with Gasteiger partial charge in [0.15, 0.2) is 0 Å². The van der Waals surface area contributed by atoms with Crippen LogP contribution in [-0.4, -0.2) is 23.4 Å². The van der Waals surface area contributed by atoms with Gasteiger partial charge in [-0.15, -0.1) is 0 Å². The van der Waals surface area contributed by atoms with Crippen molar-refractivity contribution in [3.8, 4) is 44.5 Å². The molecule has 0 saturated heterocycles. The van der Waals surface area contributed by atoms with E-state index in [1.807, 2.05) is 0 Å². The lowest BCUT2D eigenvalue weighted by Gasteiger charge is -2.42. The van der Waals surface area contributed by atoms with Gasteiger partial charge in [0.1, 0.15) is 0 Å². The minimum absolute atomic E-state index is 0.0529. The van der Waals surface area contributed by atoms with Crippen LogP contribution in [0, 0.1) is 0 Å². The van der Waals surface area contributed by atoms with Crippen LogP contribution < -0.4 is 0 Å². The molecule has 0 amide bonds. The molecule has 0 spiro atoms. The first kappa shape index (κ1) is 37.4. The summed E-state index contributed by atoms with van der Waals surface area (Å²) in [6, 6.07) is 71.7. The van der Waals surface area contributed by atoms with Crippen molar-refractivity contribution >= 4 is 0 Å². The van der Waals surface area contributed by atoms with Crippen molar-refractivity contribution in [2.24, 2.45) is 0 Å². The summed E-state index contributed by atoms with van der Waals surface area (Å²) in [4.78, 5) is 0. The van der Waals surface area contributed by atoms with Gasteiger partial charge in [0.05, 0.1) is 13.2 Å². The fourth-order valence-electron chi connectivity index (χ4n) is 13.3. The third-order valence-corrected chi connectivity index (χ3v) is 16.2. The van der Waals surface area contributed by atoms with Crippen molar-refractivity contribution < 1.29 is 10.2 Å². The SMILES string of the molecule is OCC1(CCC2(CCC3(CCC4(CO)c5ccccc5-c5ccccc54)c4ccccc4-c4ccccc43)c3ccccc3-c3ccccc32)c2ccccc2-c2ccccc21. The molecule has 8 aromatic rings. The van der Waals surface area contributed by atoms with Gasteiger partial charge < -0.3 is 10.2 Å². The molecule has 0 aliphatic heterocycles. The molecule has 0 unspecified atom stereocenters. The Morgan fingerprint density at radius 2 is 0.355 bits per heavy atom. The molecular weight excluding hydrogens is 753 g/mol. The molecule has 12 rings (SSSR count). The van der Waals surface area contributed by atoms with Gasteiger partial charge in [-0.1, -0.05) is 194 Å². The largest absolute Gasteiger partial charge is 0.395 e. The first-order valence-corrected chi connectivity index (χ1v) is 22.6. The van der Waals surface area contributed by atoms with Crippen LogP contribution in [0.5, 0.6) is 0 Å². The third-order valence-electron chi connectivity index (χ3n) is 16.2. The van der Waals surface area contributed by atoms with E-state index in [1.54, 1.807) is 0 Å². The second-order valence-electron chi connectivity index (χ2n) is 18.5. The van der Waals surface area contributed by atoms with Crippen molar-refractivity contribution in [3.05, 3.63) is 239 Å². The van der Waals surface area contributed by atoms with E-state index in [0.29, 0.717) is 0 Å². The lowest BCUT2D eigenvalue weighted by Crippen LogP contribution is -2.38. The third kappa shape index (κ3) is 5.00. The number of benzene rings is 8. The van der Waals surface area contributed by atoms with Crippen molar-refractivity contribution in [2.75, 3.05) is 13.2 Å². The summed E-state index contributed by atoms with van der Waals surface area (Å²) in [5.41, 5.74) is 19.1. The molecule has 4 aliphatic carbocycles. The highest BCUT2D eigenvalue weighted by Crippen LogP contribution is 2.62. The zero-order valence-electron chi connectivity index (χ0n) is 35.0. The van der Waals surface area contributed by atoms with Crippen LogP contribution in [0.25, 0.3) is 44.5 Å². The maximum atomic E-state index is 11.8. The Balaban J connectivity index is 1.02. The number of rotatable bonds is 11. The molecule has 8 aromatic carbocycles. The molecule has 2 nitrogen and oxygen atoms in total. The Morgan fingerprint density at radius 1 is 0.210 bits per heavy atom. The predicted molar refractivity (Wildman–Crippen MR) is 253 cm³/mol. The molecule has 4 aliphatic rings. The molecule has 0 aromatic heterocycles. The highest BCUT2D eigenvalue weighted by molar-refractivity contribution is 5.85. The summed E-state index contributed by atoms with van der Waals surface area (Å²) < 4.78 is 0. The maximum Gasteiger partial charge on any atom is 0.0569 e. The number of fused-ring (bicyclic) bond motifs is 12.